The minimum atomic E-state index is -0.319. The van der Waals surface area contributed by atoms with E-state index >= 15 is 0 Å². The number of amides is 1. The molecule has 0 fully saturated rings. The first-order chi connectivity index (χ1) is 9.08. The summed E-state index contributed by atoms with van der Waals surface area (Å²) in [6.07, 6.45) is 0. The van der Waals surface area contributed by atoms with Gasteiger partial charge in [-0.1, -0.05) is 26.0 Å². The molecular formula is C14H18N2O3. The van der Waals surface area contributed by atoms with E-state index in [0.717, 1.165) is 0 Å². The van der Waals surface area contributed by atoms with Gasteiger partial charge in [-0.3, -0.25) is 4.79 Å². The highest BCUT2D eigenvalue weighted by atomic mass is 16.5. The zero-order chi connectivity index (χ0) is 14.3. The molecule has 5 nitrogen and oxygen atoms in total. The van der Waals surface area contributed by atoms with Crippen molar-refractivity contribution in [3.63, 3.8) is 0 Å². The summed E-state index contributed by atoms with van der Waals surface area (Å²) in [7, 11) is 0. The van der Waals surface area contributed by atoms with Crippen molar-refractivity contribution in [1.82, 2.24) is 5.32 Å². The number of carbonyl (C=O) groups is 1. The van der Waals surface area contributed by atoms with Crippen LogP contribution in [0.25, 0.3) is 0 Å². The average Bonchev–Trinajstić information content (AvgIpc) is 2.42. The number of nitrogens with zero attached hydrogens (tertiary/aromatic N) is 1. The number of ether oxygens (including phenoxy) is 1. The van der Waals surface area contributed by atoms with Crippen LogP contribution in [0.3, 0.4) is 0 Å². The molecule has 0 aliphatic carbocycles. The molecule has 1 aromatic carbocycles. The lowest BCUT2D eigenvalue weighted by Crippen LogP contribution is -2.43. The Balaban J connectivity index is 2.53. The average molecular weight is 262 g/mol. The van der Waals surface area contributed by atoms with Crippen molar-refractivity contribution < 1.29 is 14.6 Å². The van der Waals surface area contributed by atoms with Crippen LogP contribution in [-0.4, -0.2) is 30.3 Å². The fourth-order valence-electron chi connectivity index (χ4n) is 1.50. The molecule has 0 aliphatic heterocycles. The molecule has 0 saturated carbocycles. The van der Waals surface area contributed by atoms with Crippen molar-refractivity contribution >= 4 is 5.91 Å². The van der Waals surface area contributed by atoms with E-state index in [1.165, 1.54) is 0 Å². The van der Waals surface area contributed by atoms with Gasteiger partial charge in [0.25, 0.3) is 5.91 Å². The number of aliphatic hydroxyl groups excluding tert-OH is 1. The van der Waals surface area contributed by atoms with Gasteiger partial charge in [0, 0.05) is 0 Å². The standard InChI is InChI=1S/C14H18N2O3/c1-10(2)12(8-17)16-14(18)9-19-13-6-4-3-5-11(13)7-15/h3-6,10,12,17H,8-9H2,1-2H3,(H,16,18)/t12-/m1/s1. The summed E-state index contributed by atoms with van der Waals surface area (Å²) in [5.41, 5.74) is 0.387. The molecule has 1 aromatic rings. The second kappa shape index (κ2) is 7.39. The van der Waals surface area contributed by atoms with Crippen molar-refractivity contribution in [2.75, 3.05) is 13.2 Å². The molecule has 0 spiro atoms. The second-order valence-corrected chi connectivity index (χ2v) is 4.50. The Hall–Kier alpha value is -2.06. The molecule has 0 aliphatic rings. The Morgan fingerprint density at radius 3 is 2.74 bits per heavy atom. The van der Waals surface area contributed by atoms with Crippen LogP contribution in [0.4, 0.5) is 0 Å². The minimum absolute atomic E-state index is 0.113. The van der Waals surface area contributed by atoms with E-state index in [0.29, 0.717) is 11.3 Å². The lowest BCUT2D eigenvalue weighted by atomic mass is 10.1. The van der Waals surface area contributed by atoms with Crippen LogP contribution in [0.5, 0.6) is 5.75 Å². The quantitative estimate of drug-likeness (QED) is 0.803. The molecular weight excluding hydrogens is 244 g/mol. The zero-order valence-corrected chi connectivity index (χ0v) is 11.1. The summed E-state index contributed by atoms with van der Waals surface area (Å²) in [6.45, 7) is 3.53. The molecule has 0 bridgehead atoms. The SMILES string of the molecule is CC(C)[C@@H](CO)NC(=O)COc1ccccc1C#N. The molecule has 1 atom stereocenters. The van der Waals surface area contributed by atoms with Crippen molar-refractivity contribution in [3.05, 3.63) is 29.8 Å². The first-order valence-electron chi connectivity index (χ1n) is 6.10. The van der Waals surface area contributed by atoms with Crippen molar-refractivity contribution in [3.8, 4) is 11.8 Å². The fraction of sp³-hybridized carbons (Fsp3) is 0.429. The largest absolute Gasteiger partial charge is 0.482 e. The summed E-state index contributed by atoms with van der Waals surface area (Å²) < 4.78 is 5.30. The minimum Gasteiger partial charge on any atom is -0.482 e. The highest BCUT2D eigenvalue weighted by Crippen LogP contribution is 2.16. The molecule has 5 heteroatoms. The Labute approximate surface area is 112 Å². The third-order valence-corrected chi connectivity index (χ3v) is 2.71. The van der Waals surface area contributed by atoms with Crippen LogP contribution in [0, 0.1) is 17.2 Å². The lowest BCUT2D eigenvalue weighted by Gasteiger charge is -2.19. The smallest absolute Gasteiger partial charge is 0.258 e. The van der Waals surface area contributed by atoms with Gasteiger partial charge in [0.05, 0.1) is 18.2 Å². The second-order valence-electron chi connectivity index (χ2n) is 4.50. The number of carbonyl (C=O) groups excluding carboxylic acids is 1. The number of rotatable bonds is 6. The molecule has 1 rings (SSSR count). The summed E-state index contributed by atoms with van der Waals surface area (Å²) in [5.74, 6) is 0.200. The predicted molar refractivity (Wildman–Crippen MR) is 70.5 cm³/mol. The first kappa shape index (κ1) is 15.0. The Morgan fingerprint density at radius 2 is 2.16 bits per heavy atom. The van der Waals surface area contributed by atoms with Crippen LogP contribution in [0.1, 0.15) is 19.4 Å². The Bertz CT molecular complexity index is 466. The monoisotopic (exact) mass is 262 g/mol. The number of benzene rings is 1. The molecule has 0 aromatic heterocycles. The van der Waals surface area contributed by atoms with Gasteiger partial charge in [-0.25, -0.2) is 0 Å². The van der Waals surface area contributed by atoms with Gasteiger partial charge >= 0.3 is 0 Å². The number of hydrogen-bond acceptors (Lipinski definition) is 4. The molecule has 2 N–H and O–H groups in total. The Kier molecular flexibility index (Phi) is 5.83. The van der Waals surface area contributed by atoms with Crippen LogP contribution in [-0.2, 0) is 4.79 Å². The van der Waals surface area contributed by atoms with E-state index < -0.39 is 0 Å². The summed E-state index contributed by atoms with van der Waals surface area (Å²) in [6, 6.07) is 8.43. The lowest BCUT2D eigenvalue weighted by molar-refractivity contribution is -0.124. The van der Waals surface area contributed by atoms with Gasteiger partial charge in [0.2, 0.25) is 0 Å². The molecule has 19 heavy (non-hydrogen) atoms. The number of hydrogen-bond donors (Lipinski definition) is 2. The highest BCUT2D eigenvalue weighted by Gasteiger charge is 2.15. The normalized spacial score (nSPS) is 11.7. The van der Waals surface area contributed by atoms with E-state index in [9.17, 15) is 4.79 Å². The topological polar surface area (TPSA) is 82.3 Å². The van der Waals surface area contributed by atoms with Crippen LogP contribution < -0.4 is 10.1 Å². The maximum atomic E-state index is 11.7. The van der Waals surface area contributed by atoms with Crippen LogP contribution in [0.15, 0.2) is 24.3 Å². The van der Waals surface area contributed by atoms with Crippen LogP contribution in [0.2, 0.25) is 0 Å². The maximum absolute atomic E-state index is 11.7. The summed E-state index contributed by atoms with van der Waals surface area (Å²) in [5, 5.41) is 20.7. The molecule has 0 unspecified atom stereocenters. The van der Waals surface area contributed by atoms with E-state index in [4.69, 9.17) is 15.1 Å². The Morgan fingerprint density at radius 1 is 1.47 bits per heavy atom. The predicted octanol–water partition coefficient (Wildman–Crippen LogP) is 1.07. The van der Waals surface area contributed by atoms with Crippen LogP contribution >= 0.6 is 0 Å². The molecule has 1 amide bonds. The van der Waals surface area contributed by atoms with E-state index in [-0.39, 0.29) is 31.1 Å². The highest BCUT2D eigenvalue weighted by molar-refractivity contribution is 5.78. The van der Waals surface area contributed by atoms with E-state index in [1.54, 1.807) is 24.3 Å². The van der Waals surface area contributed by atoms with Gasteiger partial charge in [-0.15, -0.1) is 0 Å². The van der Waals surface area contributed by atoms with Crippen molar-refractivity contribution in [2.24, 2.45) is 5.92 Å². The van der Waals surface area contributed by atoms with E-state index in [2.05, 4.69) is 5.32 Å². The first-order valence-corrected chi connectivity index (χ1v) is 6.10. The molecule has 0 radical (unpaired) electrons. The van der Waals surface area contributed by atoms with Gasteiger partial charge in [-0.05, 0) is 18.1 Å². The maximum Gasteiger partial charge on any atom is 0.258 e. The number of para-hydroxylation sites is 1. The summed E-state index contributed by atoms with van der Waals surface area (Å²) >= 11 is 0. The van der Waals surface area contributed by atoms with E-state index in [1.807, 2.05) is 19.9 Å². The van der Waals surface area contributed by atoms with Gasteiger partial charge in [0.15, 0.2) is 6.61 Å². The molecule has 102 valence electrons. The molecule has 0 heterocycles. The van der Waals surface area contributed by atoms with Crippen molar-refractivity contribution in [2.45, 2.75) is 19.9 Å². The van der Waals surface area contributed by atoms with Crippen molar-refractivity contribution in [1.29, 1.82) is 5.26 Å². The number of nitriles is 1. The summed E-state index contributed by atoms with van der Waals surface area (Å²) in [4.78, 5) is 11.7. The van der Waals surface area contributed by atoms with Gasteiger partial charge < -0.3 is 15.2 Å². The number of aliphatic hydroxyl groups is 1. The third-order valence-electron chi connectivity index (χ3n) is 2.71. The zero-order valence-electron chi connectivity index (χ0n) is 11.1. The number of nitrogens with one attached hydrogen (secondary N) is 1. The third kappa shape index (κ3) is 4.60. The molecule has 0 saturated heterocycles. The fourth-order valence-corrected chi connectivity index (χ4v) is 1.50. The van der Waals surface area contributed by atoms with Gasteiger partial charge in [-0.2, -0.15) is 5.26 Å². The van der Waals surface area contributed by atoms with Gasteiger partial charge in [0.1, 0.15) is 11.8 Å².